The van der Waals surface area contributed by atoms with Gasteiger partial charge in [0, 0.05) is 11.1 Å². The van der Waals surface area contributed by atoms with Crippen LogP contribution in [0.25, 0.3) is 11.1 Å². The number of hydrogen-bond donors (Lipinski definition) is 1. The molecule has 0 aliphatic carbocycles. The normalized spacial score (nSPS) is 9.77. The number of nitrogen functional groups attached to an aromatic ring is 1. The number of rotatable bonds is 6. The Morgan fingerprint density at radius 3 is 2.15 bits per heavy atom. The molecule has 0 amide bonds. The largest absolute Gasteiger partial charge is 0.493 e. The summed E-state index contributed by atoms with van der Waals surface area (Å²) in [5, 5.41) is 19.3. The van der Waals surface area contributed by atoms with Crippen LogP contribution in [0, 0.1) is 22.7 Å². The van der Waals surface area contributed by atoms with Gasteiger partial charge in [0.1, 0.15) is 17.7 Å². The lowest BCUT2D eigenvalue weighted by Crippen LogP contribution is -2.19. The van der Waals surface area contributed by atoms with Gasteiger partial charge in [-0.1, -0.05) is 0 Å². The Bertz CT molecular complexity index is 913. The van der Waals surface area contributed by atoms with Crippen LogP contribution in [0.15, 0.2) is 12.1 Å². The second kappa shape index (κ2) is 7.95. The van der Waals surface area contributed by atoms with Crippen LogP contribution in [-0.2, 0) is 0 Å². The molecule has 0 spiro atoms. The fraction of sp³-hybridized carbons (Fsp3) is 0.278. The van der Waals surface area contributed by atoms with Crippen molar-refractivity contribution in [3.63, 3.8) is 0 Å². The first-order chi connectivity index (χ1) is 12.6. The summed E-state index contributed by atoms with van der Waals surface area (Å²) in [7, 11) is 4.43. The van der Waals surface area contributed by atoms with Gasteiger partial charge >= 0.3 is 5.88 Å². The van der Waals surface area contributed by atoms with Crippen molar-refractivity contribution in [2.45, 2.75) is 6.92 Å². The van der Waals surface area contributed by atoms with Crippen molar-refractivity contribution in [1.82, 2.24) is 0 Å². The van der Waals surface area contributed by atoms with E-state index < -0.39 is 0 Å². The SMILES string of the molecule is CCOc1[nH+]c(N)c(C#N)c(-c2ccc(OC)c(OC)c2OC)c1C#N. The van der Waals surface area contributed by atoms with Gasteiger partial charge in [-0.05, 0) is 19.1 Å². The van der Waals surface area contributed by atoms with E-state index in [9.17, 15) is 10.5 Å². The number of nitrogens with one attached hydrogen (secondary N) is 1. The molecule has 0 atom stereocenters. The number of benzene rings is 1. The number of pyridine rings is 1. The average molecular weight is 355 g/mol. The van der Waals surface area contributed by atoms with Gasteiger partial charge in [0.15, 0.2) is 17.1 Å². The molecule has 1 aromatic carbocycles. The van der Waals surface area contributed by atoms with Crippen LogP contribution in [0.5, 0.6) is 23.1 Å². The molecule has 1 aromatic heterocycles. The molecule has 0 saturated heterocycles. The van der Waals surface area contributed by atoms with E-state index in [2.05, 4.69) is 11.1 Å². The smallest absolute Gasteiger partial charge is 0.301 e. The minimum absolute atomic E-state index is 0.0850. The molecular formula is C18H19N4O4+. The highest BCUT2D eigenvalue weighted by molar-refractivity contribution is 5.86. The molecule has 0 aliphatic rings. The van der Waals surface area contributed by atoms with Crippen LogP contribution >= 0.6 is 0 Å². The zero-order chi connectivity index (χ0) is 19.3. The van der Waals surface area contributed by atoms with Crippen LogP contribution in [0.2, 0.25) is 0 Å². The number of methoxy groups -OCH3 is 3. The van der Waals surface area contributed by atoms with Crippen molar-refractivity contribution in [2.24, 2.45) is 0 Å². The molecule has 3 N–H and O–H groups in total. The molecule has 8 nitrogen and oxygen atoms in total. The fourth-order valence-corrected chi connectivity index (χ4v) is 2.66. The van der Waals surface area contributed by atoms with Gasteiger partial charge in [-0.2, -0.15) is 10.5 Å². The van der Waals surface area contributed by atoms with Crippen LogP contribution in [0.3, 0.4) is 0 Å². The van der Waals surface area contributed by atoms with Crippen molar-refractivity contribution in [1.29, 1.82) is 10.5 Å². The highest BCUT2D eigenvalue weighted by Gasteiger charge is 2.28. The highest BCUT2D eigenvalue weighted by Crippen LogP contribution is 2.47. The Morgan fingerprint density at radius 1 is 1.00 bits per heavy atom. The number of hydrogen-bond acceptors (Lipinski definition) is 7. The van der Waals surface area contributed by atoms with E-state index in [1.165, 1.54) is 21.3 Å². The van der Waals surface area contributed by atoms with E-state index in [1.54, 1.807) is 19.1 Å². The summed E-state index contributed by atoms with van der Waals surface area (Å²) >= 11 is 0. The van der Waals surface area contributed by atoms with Crippen molar-refractivity contribution in [2.75, 3.05) is 33.7 Å². The Balaban J connectivity index is 2.97. The predicted molar refractivity (Wildman–Crippen MR) is 93.1 cm³/mol. The quantitative estimate of drug-likeness (QED) is 0.839. The van der Waals surface area contributed by atoms with Crippen molar-refractivity contribution in [3.8, 4) is 46.4 Å². The maximum Gasteiger partial charge on any atom is 0.301 e. The lowest BCUT2D eigenvalue weighted by atomic mass is 9.95. The number of H-pyrrole nitrogens is 1. The number of nitrogens with zero attached hydrogens (tertiary/aromatic N) is 2. The summed E-state index contributed by atoms with van der Waals surface area (Å²) < 4.78 is 21.6. The topological polar surface area (TPSA) is 125 Å². The molecule has 0 fully saturated rings. The van der Waals surface area contributed by atoms with E-state index in [0.29, 0.717) is 35.0 Å². The number of anilines is 1. The molecule has 8 heteroatoms. The van der Waals surface area contributed by atoms with Gasteiger partial charge in [0.05, 0.1) is 27.9 Å². The molecule has 0 unspecified atom stereocenters. The third-order valence-electron chi connectivity index (χ3n) is 3.73. The Labute approximate surface area is 151 Å². The molecule has 2 aromatic rings. The second-order valence-electron chi connectivity index (χ2n) is 5.03. The first-order valence-electron chi connectivity index (χ1n) is 7.68. The van der Waals surface area contributed by atoms with Crippen LogP contribution in [0.1, 0.15) is 18.1 Å². The lowest BCUT2D eigenvalue weighted by Gasteiger charge is -2.17. The van der Waals surface area contributed by atoms with Crippen molar-refractivity contribution < 1.29 is 23.9 Å². The molecule has 0 aliphatic heterocycles. The molecule has 1 heterocycles. The predicted octanol–water partition coefficient (Wildman–Crippen LogP) is 1.92. The van der Waals surface area contributed by atoms with Crippen LogP contribution in [-0.4, -0.2) is 27.9 Å². The van der Waals surface area contributed by atoms with Gasteiger partial charge in [-0.25, -0.2) is 4.98 Å². The standard InChI is InChI=1S/C18H18N4O4/c1-5-26-18-12(9-20)14(11(8-19)17(21)22-18)10-6-7-13(23-2)16(25-4)15(10)24-3/h6-7H,5H2,1-4H3,(H2,21,22)/p+1. The molecular weight excluding hydrogens is 336 g/mol. The monoisotopic (exact) mass is 355 g/mol. The Hall–Kier alpha value is -3.65. The third-order valence-corrected chi connectivity index (χ3v) is 3.73. The van der Waals surface area contributed by atoms with E-state index >= 15 is 0 Å². The summed E-state index contributed by atoms with van der Waals surface area (Å²) in [5.41, 5.74) is 6.98. The Kier molecular flexibility index (Phi) is 5.71. The summed E-state index contributed by atoms with van der Waals surface area (Å²) in [6.45, 7) is 2.10. The van der Waals surface area contributed by atoms with E-state index in [0.717, 1.165) is 0 Å². The van der Waals surface area contributed by atoms with Gasteiger partial charge in [-0.3, -0.25) is 5.73 Å². The molecule has 0 saturated carbocycles. The summed E-state index contributed by atoms with van der Waals surface area (Å²) in [4.78, 5) is 2.76. The van der Waals surface area contributed by atoms with Gasteiger partial charge in [0.25, 0.3) is 5.82 Å². The number of aromatic amines is 1. The Morgan fingerprint density at radius 2 is 1.65 bits per heavy atom. The third kappa shape index (κ3) is 3.01. The van der Waals surface area contributed by atoms with Crippen molar-refractivity contribution >= 4 is 5.82 Å². The summed E-state index contributed by atoms with van der Waals surface area (Å²) in [6.07, 6.45) is 0. The minimum atomic E-state index is 0.0850. The van der Waals surface area contributed by atoms with Gasteiger partial charge in [-0.15, -0.1) is 0 Å². The van der Waals surface area contributed by atoms with Crippen LogP contribution < -0.4 is 29.7 Å². The molecule has 0 radical (unpaired) electrons. The minimum Gasteiger partial charge on any atom is -0.493 e. The van der Waals surface area contributed by atoms with E-state index in [1.807, 2.05) is 6.07 Å². The number of aromatic nitrogens is 1. The first-order valence-corrected chi connectivity index (χ1v) is 7.68. The van der Waals surface area contributed by atoms with Gasteiger partial charge < -0.3 is 18.9 Å². The highest BCUT2D eigenvalue weighted by atomic mass is 16.5. The zero-order valence-electron chi connectivity index (χ0n) is 15.0. The zero-order valence-corrected chi connectivity index (χ0v) is 15.0. The first kappa shape index (κ1) is 18.7. The molecule has 26 heavy (non-hydrogen) atoms. The second-order valence-corrected chi connectivity index (χ2v) is 5.03. The lowest BCUT2D eigenvalue weighted by molar-refractivity contribution is -0.377. The fourth-order valence-electron chi connectivity index (χ4n) is 2.66. The maximum atomic E-state index is 9.69. The average Bonchev–Trinajstić information content (AvgIpc) is 2.66. The van der Waals surface area contributed by atoms with Crippen LogP contribution in [0.4, 0.5) is 5.82 Å². The van der Waals surface area contributed by atoms with E-state index in [4.69, 9.17) is 24.7 Å². The summed E-state index contributed by atoms with van der Waals surface area (Å²) in [6, 6.07) is 7.44. The summed E-state index contributed by atoms with van der Waals surface area (Å²) in [5.74, 6) is 1.36. The molecule has 0 bridgehead atoms. The number of ether oxygens (including phenoxy) is 4. The van der Waals surface area contributed by atoms with Crippen molar-refractivity contribution in [3.05, 3.63) is 23.3 Å². The maximum absolute atomic E-state index is 9.69. The molecule has 134 valence electrons. The molecule has 2 rings (SSSR count). The number of nitriles is 2. The van der Waals surface area contributed by atoms with E-state index in [-0.39, 0.29) is 22.8 Å². The number of nitrogens with two attached hydrogens (primary N) is 1. The van der Waals surface area contributed by atoms with Gasteiger partial charge in [0.2, 0.25) is 5.75 Å².